The molecule has 3 N–H and O–H groups in total. The molecule has 1 fully saturated rings. The van der Waals surface area contributed by atoms with E-state index in [0.29, 0.717) is 5.92 Å². The van der Waals surface area contributed by atoms with Crippen molar-refractivity contribution in [2.75, 3.05) is 6.54 Å². The lowest BCUT2D eigenvalue weighted by atomic mass is 9.93. The molecule has 1 heterocycles. The molecule has 0 aliphatic carbocycles. The molecule has 0 spiro atoms. The standard InChI is InChI=1S/C16H18N2O/c17-16(19)15-9-11(10-18-15)8-13-6-3-5-12-4-1-2-7-14(12)13/h1-7,11,15,18H,8-10H2,(H2,17,19)/t11-,15+/m1/s1. The highest BCUT2D eigenvalue weighted by Gasteiger charge is 2.27. The van der Waals surface area contributed by atoms with E-state index in [9.17, 15) is 4.79 Å². The lowest BCUT2D eigenvalue weighted by Crippen LogP contribution is -2.36. The molecule has 0 radical (unpaired) electrons. The predicted molar refractivity (Wildman–Crippen MR) is 76.7 cm³/mol. The lowest BCUT2D eigenvalue weighted by molar-refractivity contribution is -0.119. The smallest absolute Gasteiger partial charge is 0.234 e. The van der Waals surface area contributed by atoms with Gasteiger partial charge in [-0.2, -0.15) is 0 Å². The van der Waals surface area contributed by atoms with Crippen molar-refractivity contribution in [1.82, 2.24) is 5.32 Å². The first-order valence-corrected chi connectivity index (χ1v) is 6.73. The molecule has 1 aliphatic heterocycles. The third kappa shape index (κ3) is 2.47. The second kappa shape index (κ2) is 5.02. The summed E-state index contributed by atoms with van der Waals surface area (Å²) in [7, 11) is 0. The highest BCUT2D eigenvalue weighted by atomic mass is 16.1. The summed E-state index contributed by atoms with van der Waals surface area (Å²) in [5.74, 6) is 0.253. The zero-order valence-electron chi connectivity index (χ0n) is 10.8. The van der Waals surface area contributed by atoms with Crippen LogP contribution in [0, 0.1) is 5.92 Å². The van der Waals surface area contributed by atoms with Crippen molar-refractivity contribution in [1.29, 1.82) is 0 Å². The second-order valence-electron chi connectivity index (χ2n) is 5.31. The van der Waals surface area contributed by atoms with Gasteiger partial charge in [-0.3, -0.25) is 4.79 Å². The van der Waals surface area contributed by atoms with Crippen LogP contribution >= 0.6 is 0 Å². The van der Waals surface area contributed by atoms with E-state index < -0.39 is 0 Å². The highest BCUT2D eigenvalue weighted by molar-refractivity contribution is 5.85. The van der Waals surface area contributed by atoms with Crippen molar-refractivity contribution in [2.45, 2.75) is 18.9 Å². The van der Waals surface area contributed by atoms with Crippen molar-refractivity contribution in [2.24, 2.45) is 11.7 Å². The highest BCUT2D eigenvalue weighted by Crippen LogP contribution is 2.24. The van der Waals surface area contributed by atoms with Gasteiger partial charge in [0, 0.05) is 0 Å². The van der Waals surface area contributed by atoms with Gasteiger partial charge in [0.2, 0.25) is 5.91 Å². The van der Waals surface area contributed by atoms with Crippen LogP contribution < -0.4 is 11.1 Å². The van der Waals surface area contributed by atoms with E-state index in [1.54, 1.807) is 0 Å². The van der Waals surface area contributed by atoms with Crippen molar-refractivity contribution >= 4 is 16.7 Å². The van der Waals surface area contributed by atoms with E-state index in [1.165, 1.54) is 16.3 Å². The van der Waals surface area contributed by atoms with Gasteiger partial charge in [0.15, 0.2) is 0 Å². The number of nitrogens with one attached hydrogen (secondary N) is 1. The SMILES string of the molecule is NC(=O)[C@@H]1C[C@@H](Cc2cccc3ccccc23)CN1. The topological polar surface area (TPSA) is 55.1 Å². The summed E-state index contributed by atoms with van der Waals surface area (Å²) in [6.07, 6.45) is 1.84. The maximum Gasteiger partial charge on any atom is 0.234 e. The molecule has 19 heavy (non-hydrogen) atoms. The molecule has 1 saturated heterocycles. The number of nitrogens with two attached hydrogens (primary N) is 1. The number of amides is 1. The summed E-state index contributed by atoms with van der Waals surface area (Å²) in [6.45, 7) is 0.872. The minimum atomic E-state index is -0.236. The quantitative estimate of drug-likeness (QED) is 0.878. The Morgan fingerprint density at radius 1 is 1.21 bits per heavy atom. The summed E-state index contributed by atoms with van der Waals surface area (Å²) in [5.41, 5.74) is 6.70. The number of benzene rings is 2. The zero-order chi connectivity index (χ0) is 13.2. The monoisotopic (exact) mass is 254 g/mol. The Hall–Kier alpha value is -1.87. The minimum absolute atomic E-state index is 0.153. The van der Waals surface area contributed by atoms with Crippen LogP contribution in [0.4, 0.5) is 0 Å². The average Bonchev–Trinajstić information content (AvgIpc) is 2.88. The van der Waals surface area contributed by atoms with E-state index in [4.69, 9.17) is 5.73 Å². The van der Waals surface area contributed by atoms with Crippen LogP contribution in [0.2, 0.25) is 0 Å². The number of hydrogen-bond acceptors (Lipinski definition) is 2. The first-order valence-electron chi connectivity index (χ1n) is 6.73. The molecule has 0 aromatic heterocycles. The first kappa shape index (κ1) is 12.2. The van der Waals surface area contributed by atoms with Crippen LogP contribution in [0.25, 0.3) is 10.8 Å². The van der Waals surface area contributed by atoms with Crippen LogP contribution in [0.15, 0.2) is 42.5 Å². The Labute approximate surface area is 112 Å². The molecular weight excluding hydrogens is 236 g/mol. The van der Waals surface area contributed by atoms with E-state index in [-0.39, 0.29) is 11.9 Å². The van der Waals surface area contributed by atoms with Gasteiger partial charge in [-0.25, -0.2) is 0 Å². The lowest BCUT2D eigenvalue weighted by Gasteiger charge is -2.11. The van der Waals surface area contributed by atoms with Crippen molar-refractivity contribution < 1.29 is 4.79 Å². The Balaban J connectivity index is 1.81. The normalized spacial score (nSPS) is 22.7. The fourth-order valence-electron chi connectivity index (χ4n) is 2.96. The van der Waals surface area contributed by atoms with E-state index in [2.05, 4.69) is 47.8 Å². The van der Waals surface area contributed by atoms with Gasteiger partial charge in [-0.05, 0) is 41.6 Å². The van der Waals surface area contributed by atoms with Crippen LogP contribution in [-0.4, -0.2) is 18.5 Å². The Morgan fingerprint density at radius 2 is 2.00 bits per heavy atom. The van der Waals surface area contributed by atoms with E-state index in [0.717, 1.165) is 19.4 Å². The predicted octanol–water partition coefficient (Wildman–Crippen LogP) is 1.85. The number of primary amides is 1. The fourth-order valence-corrected chi connectivity index (χ4v) is 2.96. The summed E-state index contributed by atoms with van der Waals surface area (Å²) in [6, 6.07) is 14.7. The number of carbonyl (C=O) groups is 1. The molecule has 3 rings (SSSR count). The molecule has 1 aliphatic rings. The van der Waals surface area contributed by atoms with E-state index >= 15 is 0 Å². The molecule has 2 aromatic rings. The number of hydrogen-bond donors (Lipinski definition) is 2. The minimum Gasteiger partial charge on any atom is -0.368 e. The van der Waals surface area contributed by atoms with Crippen molar-refractivity contribution in [3.8, 4) is 0 Å². The Kier molecular flexibility index (Phi) is 3.22. The van der Waals surface area contributed by atoms with Gasteiger partial charge >= 0.3 is 0 Å². The van der Waals surface area contributed by atoms with Gasteiger partial charge in [0.25, 0.3) is 0 Å². The second-order valence-corrected chi connectivity index (χ2v) is 5.31. The third-order valence-electron chi connectivity index (χ3n) is 3.95. The van der Waals surface area contributed by atoms with Crippen LogP contribution in [0.1, 0.15) is 12.0 Å². The first-order chi connectivity index (χ1) is 9.24. The average molecular weight is 254 g/mol. The number of rotatable bonds is 3. The zero-order valence-corrected chi connectivity index (χ0v) is 10.8. The molecule has 3 nitrogen and oxygen atoms in total. The van der Waals surface area contributed by atoms with Crippen LogP contribution in [-0.2, 0) is 11.2 Å². The van der Waals surface area contributed by atoms with Gasteiger partial charge < -0.3 is 11.1 Å². The molecule has 0 saturated carbocycles. The Morgan fingerprint density at radius 3 is 2.79 bits per heavy atom. The third-order valence-corrected chi connectivity index (χ3v) is 3.95. The van der Waals surface area contributed by atoms with Gasteiger partial charge in [-0.15, -0.1) is 0 Å². The molecule has 1 amide bonds. The largest absolute Gasteiger partial charge is 0.368 e. The molecule has 3 heteroatoms. The molecule has 2 aromatic carbocycles. The van der Waals surface area contributed by atoms with Crippen molar-refractivity contribution in [3.05, 3.63) is 48.0 Å². The Bertz CT molecular complexity index is 603. The van der Waals surface area contributed by atoms with Crippen molar-refractivity contribution in [3.63, 3.8) is 0 Å². The summed E-state index contributed by atoms with van der Waals surface area (Å²) < 4.78 is 0. The maximum atomic E-state index is 11.2. The summed E-state index contributed by atoms with van der Waals surface area (Å²) in [5, 5.41) is 5.79. The molecule has 98 valence electrons. The molecule has 2 atom stereocenters. The van der Waals surface area contributed by atoms with Gasteiger partial charge in [-0.1, -0.05) is 42.5 Å². The van der Waals surface area contributed by atoms with E-state index in [1.807, 2.05) is 0 Å². The number of carbonyl (C=O) groups excluding carboxylic acids is 1. The van der Waals surface area contributed by atoms with Crippen LogP contribution in [0.5, 0.6) is 0 Å². The summed E-state index contributed by atoms with van der Waals surface area (Å²) in [4.78, 5) is 11.2. The van der Waals surface area contributed by atoms with Gasteiger partial charge in [0.1, 0.15) is 0 Å². The molecule has 0 bridgehead atoms. The summed E-state index contributed by atoms with van der Waals surface area (Å²) >= 11 is 0. The van der Waals surface area contributed by atoms with Gasteiger partial charge in [0.05, 0.1) is 6.04 Å². The fraction of sp³-hybridized carbons (Fsp3) is 0.312. The molecular formula is C16H18N2O. The maximum absolute atomic E-state index is 11.2. The molecule has 0 unspecified atom stereocenters. The number of fused-ring (bicyclic) bond motifs is 1. The van der Waals surface area contributed by atoms with Crippen LogP contribution in [0.3, 0.4) is 0 Å².